The van der Waals surface area contributed by atoms with E-state index >= 15 is 0 Å². The van der Waals surface area contributed by atoms with Gasteiger partial charge in [0, 0.05) is 23.2 Å². The van der Waals surface area contributed by atoms with Crippen molar-refractivity contribution in [1.29, 1.82) is 5.41 Å². The molecule has 7 N–H and O–H groups in total. The van der Waals surface area contributed by atoms with Gasteiger partial charge in [-0.05, 0) is 44.0 Å². The number of halogens is 1. The van der Waals surface area contributed by atoms with Gasteiger partial charge in [0.15, 0.2) is 5.60 Å². The fourth-order valence-electron chi connectivity index (χ4n) is 3.24. The molecular weight excluding hydrogens is 407 g/mol. The highest BCUT2D eigenvalue weighted by atomic mass is 19.1. The van der Waals surface area contributed by atoms with E-state index in [-0.39, 0.29) is 22.8 Å². The number of aliphatic hydroxyl groups excluding tert-OH is 1. The molecule has 1 heterocycles. The Bertz CT molecular complexity index is 990. The lowest BCUT2D eigenvalue weighted by molar-refractivity contribution is -0.275. The smallest absolute Gasteiger partial charge is 0.285 e. The molecule has 0 spiro atoms. The molecule has 1 aliphatic carbocycles. The van der Waals surface area contributed by atoms with E-state index in [1.54, 1.807) is 0 Å². The predicted molar refractivity (Wildman–Crippen MR) is 110 cm³/mol. The number of benzene rings is 1. The van der Waals surface area contributed by atoms with Crippen molar-refractivity contribution < 1.29 is 29.6 Å². The number of aromatic nitrogens is 1. The van der Waals surface area contributed by atoms with Crippen molar-refractivity contribution in [2.24, 2.45) is 11.7 Å². The summed E-state index contributed by atoms with van der Waals surface area (Å²) in [5.74, 6) is -5.39. The number of amides is 1. The van der Waals surface area contributed by atoms with Crippen LogP contribution in [0.4, 0.5) is 10.1 Å². The topological polar surface area (TPSA) is 164 Å². The molecule has 166 valence electrons. The van der Waals surface area contributed by atoms with Crippen LogP contribution in [0.3, 0.4) is 0 Å². The highest BCUT2D eigenvalue weighted by molar-refractivity contribution is 5.97. The van der Waals surface area contributed by atoms with Gasteiger partial charge in [0.2, 0.25) is 5.91 Å². The Morgan fingerprint density at radius 1 is 1.29 bits per heavy atom. The molecule has 1 aromatic heterocycles. The lowest BCUT2D eigenvalue weighted by Crippen LogP contribution is -2.68. The monoisotopic (exact) mass is 432 g/mol. The van der Waals surface area contributed by atoms with Crippen molar-refractivity contribution in [3.05, 3.63) is 48.0 Å². The first-order valence-electron chi connectivity index (χ1n) is 9.72. The standard InChI is InChI=1S/C21H25FN4O5/c1-20(29,11-27)21(30,31)26(19(28)12-3-2-4-12)14-6-7-15(16(22)9-14)13-5-8-17(18(23)24)25-10-13/h5-10,12,27,29-31H,2-4,11H2,1H3,(H3,23,24). The first-order valence-corrected chi connectivity index (χ1v) is 9.72. The maximum Gasteiger partial charge on any atom is 0.285 e. The molecule has 0 saturated heterocycles. The number of amidine groups is 1. The number of nitrogens with zero attached hydrogens (tertiary/aromatic N) is 2. The van der Waals surface area contributed by atoms with Crippen molar-refractivity contribution in [3.63, 3.8) is 0 Å². The third-order valence-electron chi connectivity index (χ3n) is 5.58. The molecule has 1 saturated carbocycles. The third kappa shape index (κ3) is 4.15. The van der Waals surface area contributed by atoms with Crippen LogP contribution in [0.5, 0.6) is 0 Å². The van der Waals surface area contributed by atoms with E-state index < -0.39 is 35.8 Å². The lowest BCUT2D eigenvalue weighted by atomic mass is 9.83. The quantitative estimate of drug-likeness (QED) is 0.213. The summed E-state index contributed by atoms with van der Waals surface area (Å²) >= 11 is 0. The third-order valence-corrected chi connectivity index (χ3v) is 5.58. The normalized spacial score (nSPS) is 16.3. The van der Waals surface area contributed by atoms with Gasteiger partial charge in [0.05, 0.1) is 12.3 Å². The number of carbonyl (C=O) groups is 1. The molecule has 1 aromatic carbocycles. The number of pyridine rings is 1. The number of aliphatic hydroxyl groups is 4. The van der Waals surface area contributed by atoms with E-state index in [1.807, 2.05) is 0 Å². The molecule has 0 aliphatic heterocycles. The Kier molecular flexibility index (Phi) is 6.10. The second-order valence-electron chi connectivity index (χ2n) is 7.88. The summed E-state index contributed by atoms with van der Waals surface area (Å²) in [5.41, 5.74) is 3.42. The lowest BCUT2D eigenvalue weighted by Gasteiger charge is -2.45. The Hall–Kier alpha value is -2.92. The summed E-state index contributed by atoms with van der Waals surface area (Å²) < 4.78 is 15.0. The minimum Gasteiger partial charge on any atom is -0.393 e. The van der Waals surface area contributed by atoms with E-state index in [0.717, 1.165) is 19.4 Å². The highest BCUT2D eigenvalue weighted by Gasteiger charge is 2.53. The molecule has 1 aliphatic rings. The Labute approximate surface area is 178 Å². The van der Waals surface area contributed by atoms with Gasteiger partial charge in [-0.25, -0.2) is 4.39 Å². The van der Waals surface area contributed by atoms with E-state index in [2.05, 4.69) is 4.98 Å². The SMILES string of the molecule is CC(O)(CO)C(O)(O)N(C(=O)C1CCC1)c1ccc(-c2ccc(C(=N)N)nc2)c(F)c1. The van der Waals surface area contributed by atoms with Gasteiger partial charge in [-0.1, -0.05) is 12.5 Å². The van der Waals surface area contributed by atoms with Gasteiger partial charge in [0.1, 0.15) is 17.3 Å². The number of nitrogens with two attached hydrogens (primary N) is 1. The Morgan fingerprint density at radius 2 is 1.97 bits per heavy atom. The number of anilines is 1. The van der Waals surface area contributed by atoms with Crippen molar-refractivity contribution in [2.75, 3.05) is 11.5 Å². The minimum atomic E-state index is -3.19. The first-order chi connectivity index (χ1) is 14.5. The Morgan fingerprint density at radius 3 is 2.42 bits per heavy atom. The zero-order valence-corrected chi connectivity index (χ0v) is 16.9. The molecule has 9 nitrogen and oxygen atoms in total. The number of nitrogens with one attached hydrogen (secondary N) is 1. The van der Waals surface area contributed by atoms with Crippen LogP contribution in [0.2, 0.25) is 0 Å². The van der Waals surface area contributed by atoms with Crippen molar-refractivity contribution in [2.45, 2.75) is 37.7 Å². The number of carbonyl (C=O) groups excluding carboxylic acids is 1. The van der Waals surface area contributed by atoms with Gasteiger partial charge in [-0.3, -0.25) is 20.1 Å². The number of hydrogen-bond donors (Lipinski definition) is 6. The van der Waals surface area contributed by atoms with Gasteiger partial charge in [-0.15, -0.1) is 0 Å². The molecule has 31 heavy (non-hydrogen) atoms. The first kappa shape index (κ1) is 22.8. The summed E-state index contributed by atoms with van der Waals surface area (Å²) in [6, 6.07) is 6.57. The summed E-state index contributed by atoms with van der Waals surface area (Å²) in [6.45, 7) is -0.0931. The second-order valence-corrected chi connectivity index (χ2v) is 7.88. The largest absolute Gasteiger partial charge is 0.393 e. The Balaban J connectivity index is 2.03. The number of rotatable bonds is 7. The van der Waals surface area contributed by atoms with Crippen LogP contribution < -0.4 is 10.6 Å². The van der Waals surface area contributed by atoms with Crippen LogP contribution in [0, 0.1) is 17.1 Å². The molecule has 2 aromatic rings. The van der Waals surface area contributed by atoms with Crippen molar-refractivity contribution >= 4 is 17.4 Å². The molecule has 1 amide bonds. The van der Waals surface area contributed by atoms with Crippen LogP contribution in [-0.4, -0.2) is 55.3 Å². The fourth-order valence-corrected chi connectivity index (χ4v) is 3.24. The molecule has 1 atom stereocenters. The summed E-state index contributed by atoms with van der Waals surface area (Å²) in [4.78, 5) is 17.5. The molecule has 1 unspecified atom stereocenters. The fraction of sp³-hybridized carbons (Fsp3) is 0.381. The average Bonchev–Trinajstić information content (AvgIpc) is 2.66. The summed E-state index contributed by atoms with van der Waals surface area (Å²) in [5, 5.41) is 48.4. The zero-order chi connectivity index (χ0) is 23.0. The maximum atomic E-state index is 15.0. The van der Waals surface area contributed by atoms with Crippen LogP contribution in [0.25, 0.3) is 11.1 Å². The predicted octanol–water partition coefficient (Wildman–Crippen LogP) is 0.687. The van der Waals surface area contributed by atoms with E-state index in [0.29, 0.717) is 23.3 Å². The highest BCUT2D eigenvalue weighted by Crippen LogP contribution is 2.37. The average molecular weight is 432 g/mol. The van der Waals surface area contributed by atoms with E-state index in [4.69, 9.17) is 11.1 Å². The van der Waals surface area contributed by atoms with Gasteiger partial charge >= 0.3 is 0 Å². The molecule has 0 radical (unpaired) electrons. The summed E-state index contributed by atoms with van der Waals surface area (Å²) in [7, 11) is 0. The molecule has 10 heteroatoms. The molecule has 1 fully saturated rings. The van der Waals surface area contributed by atoms with Crippen molar-refractivity contribution in [1.82, 2.24) is 4.98 Å². The van der Waals surface area contributed by atoms with Crippen LogP contribution in [0.1, 0.15) is 31.9 Å². The summed E-state index contributed by atoms with van der Waals surface area (Å²) in [6.07, 6.45) is 3.19. The number of hydrogen-bond acceptors (Lipinski definition) is 7. The van der Waals surface area contributed by atoms with Gasteiger partial charge in [-0.2, -0.15) is 0 Å². The van der Waals surface area contributed by atoms with Gasteiger partial charge in [0.25, 0.3) is 5.91 Å². The van der Waals surface area contributed by atoms with Crippen LogP contribution in [0.15, 0.2) is 36.5 Å². The molecular formula is C21H25FN4O5. The van der Waals surface area contributed by atoms with Crippen molar-refractivity contribution in [3.8, 4) is 11.1 Å². The minimum absolute atomic E-state index is 0.123. The number of nitrogen functional groups attached to an aromatic ring is 1. The molecule has 0 bridgehead atoms. The second kappa shape index (κ2) is 8.31. The van der Waals surface area contributed by atoms with E-state index in [1.165, 1.54) is 30.5 Å². The van der Waals surface area contributed by atoms with Gasteiger partial charge < -0.3 is 26.2 Å². The van der Waals surface area contributed by atoms with Crippen LogP contribution >= 0.6 is 0 Å². The zero-order valence-electron chi connectivity index (χ0n) is 16.9. The van der Waals surface area contributed by atoms with Crippen LogP contribution in [-0.2, 0) is 4.79 Å². The molecule has 3 rings (SSSR count). The maximum absolute atomic E-state index is 15.0. The van der Waals surface area contributed by atoms with E-state index in [9.17, 15) is 29.6 Å².